The molecule has 0 unspecified atom stereocenters. The van der Waals surface area contributed by atoms with Crippen molar-refractivity contribution in [2.24, 2.45) is 0 Å². The van der Waals surface area contributed by atoms with E-state index in [4.69, 9.17) is 10.00 Å². The van der Waals surface area contributed by atoms with Gasteiger partial charge in [-0.05, 0) is 18.2 Å². The molecule has 0 saturated heterocycles. The molecule has 0 saturated carbocycles. The molecule has 0 N–H and O–H groups in total. The summed E-state index contributed by atoms with van der Waals surface area (Å²) in [5, 5.41) is 9.24. The predicted octanol–water partition coefficient (Wildman–Crippen LogP) is 1.53. The van der Waals surface area contributed by atoms with Gasteiger partial charge in [-0.25, -0.2) is 0 Å². The number of fused-ring (bicyclic) bond motifs is 1. The van der Waals surface area contributed by atoms with Gasteiger partial charge < -0.3 is 9.30 Å². The van der Waals surface area contributed by atoms with E-state index < -0.39 is 0 Å². The van der Waals surface area contributed by atoms with Crippen LogP contribution in [0.4, 0.5) is 0 Å². The molecule has 0 aliphatic rings. The quantitative estimate of drug-likeness (QED) is 0.761. The minimum absolute atomic E-state index is 0.0666. The average Bonchev–Trinajstić information content (AvgIpc) is 2.33. The molecule has 0 atom stereocenters. The monoisotopic (exact) mass is 214 g/mol. The van der Waals surface area contributed by atoms with Crippen LogP contribution in [0, 0.1) is 11.3 Å². The van der Waals surface area contributed by atoms with Crippen LogP contribution in [-0.2, 0) is 6.54 Å². The number of ether oxygens (including phenoxy) is 1. The zero-order valence-corrected chi connectivity index (χ0v) is 8.80. The van der Waals surface area contributed by atoms with E-state index in [0.29, 0.717) is 11.1 Å². The second-order valence-corrected chi connectivity index (χ2v) is 3.35. The average molecular weight is 214 g/mol. The maximum Gasteiger partial charge on any atom is 0.189 e. The second kappa shape index (κ2) is 4.07. The lowest BCUT2D eigenvalue weighted by molar-refractivity contribution is 0.415. The van der Waals surface area contributed by atoms with Gasteiger partial charge in [0.15, 0.2) is 5.43 Å². The van der Waals surface area contributed by atoms with Gasteiger partial charge in [0.1, 0.15) is 12.3 Å². The maximum absolute atomic E-state index is 11.7. The predicted molar refractivity (Wildman–Crippen MR) is 60.4 cm³/mol. The molecule has 16 heavy (non-hydrogen) atoms. The van der Waals surface area contributed by atoms with E-state index in [1.807, 2.05) is 0 Å². The SMILES string of the molecule is COc1ccc2c(c1)c(=O)ccn2CC#N. The van der Waals surface area contributed by atoms with Crippen LogP contribution in [0.1, 0.15) is 0 Å². The molecule has 1 aromatic heterocycles. The number of hydrogen-bond acceptors (Lipinski definition) is 3. The van der Waals surface area contributed by atoms with E-state index >= 15 is 0 Å². The summed E-state index contributed by atoms with van der Waals surface area (Å²) in [6.45, 7) is 0.225. The molecule has 80 valence electrons. The Morgan fingerprint density at radius 2 is 2.25 bits per heavy atom. The van der Waals surface area contributed by atoms with Crippen molar-refractivity contribution in [1.29, 1.82) is 5.26 Å². The van der Waals surface area contributed by atoms with E-state index in [9.17, 15) is 4.79 Å². The normalized spacial score (nSPS) is 10.0. The highest BCUT2D eigenvalue weighted by Gasteiger charge is 2.03. The molecule has 0 radical (unpaired) electrons. The number of nitrogens with zero attached hydrogens (tertiary/aromatic N) is 2. The lowest BCUT2D eigenvalue weighted by atomic mass is 10.2. The maximum atomic E-state index is 11.7. The van der Waals surface area contributed by atoms with Crippen LogP contribution in [0.2, 0.25) is 0 Å². The van der Waals surface area contributed by atoms with Crippen LogP contribution >= 0.6 is 0 Å². The lowest BCUT2D eigenvalue weighted by Crippen LogP contribution is -2.07. The third-order valence-electron chi connectivity index (χ3n) is 2.43. The van der Waals surface area contributed by atoms with Crippen LogP contribution in [0.5, 0.6) is 5.75 Å². The zero-order chi connectivity index (χ0) is 11.5. The van der Waals surface area contributed by atoms with E-state index in [-0.39, 0.29) is 12.0 Å². The van der Waals surface area contributed by atoms with E-state index in [2.05, 4.69) is 6.07 Å². The third-order valence-corrected chi connectivity index (χ3v) is 2.43. The molecule has 4 nitrogen and oxygen atoms in total. The minimum Gasteiger partial charge on any atom is -0.497 e. The van der Waals surface area contributed by atoms with Gasteiger partial charge in [-0.3, -0.25) is 4.79 Å². The van der Waals surface area contributed by atoms with Crippen molar-refractivity contribution in [1.82, 2.24) is 4.57 Å². The highest BCUT2D eigenvalue weighted by Crippen LogP contribution is 2.17. The Hall–Kier alpha value is -2.28. The number of pyridine rings is 1. The molecule has 0 spiro atoms. The summed E-state index contributed by atoms with van der Waals surface area (Å²) >= 11 is 0. The topological polar surface area (TPSA) is 55.0 Å². The van der Waals surface area contributed by atoms with Gasteiger partial charge in [-0.1, -0.05) is 0 Å². The summed E-state index contributed by atoms with van der Waals surface area (Å²) in [5.74, 6) is 0.638. The lowest BCUT2D eigenvalue weighted by Gasteiger charge is -2.07. The van der Waals surface area contributed by atoms with Gasteiger partial charge in [0.25, 0.3) is 0 Å². The van der Waals surface area contributed by atoms with Crippen molar-refractivity contribution in [2.75, 3.05) is 7.11 Å². The highest BCUT2D eigenvalue weighted by atomic mass is 16.5. The number of hydrogen-bond donors (Lipinski definition) is 0. The largest absolute Gasteiger partial charge is 0.497 e. The van der Waals surface area contributed by atoms with Gasteiger partial charge >= 0.3 is 0 Å². The summed E-state index contributed by atoms with van der Waals surface area (Å²) < 4.78 is 6.80. The molecular weight excluding hydrogens is 204 g/mol. The molecule has 0 aliphatic carbocycles. The fourth-order valence-corrected chi connectivity index (χ4v) is 1.63. The minimum atomic E-state index is -0.0666. The highest BCUT2D eigenvalue weighted by molar-refractivity contribution is 5.80. The van der Waals surface area contributed by atoms with Crippen molar-refractivity contribution in [3.63, 3.8) is 0 Å². The Labute approximate surface area is 92.3 Å². The summed E-state index contributed by atoms with van der Waals surface area (Å²) in [6.07, 6.45) is 1.63. The summed E-state index contributed by atoms with van der Waals surface area (Å²) in [4.78, 5) is 11.7. The Bertz CT molecular complexity index is 623. The summed E-state index contributed by atoms with van der Waals surface area (Å²) in [5.41, 5.74) is 0.679. The second-order valence-electron chi connectivity index (χ2n) is 3.35. The molecule has 0 amide bonds. The van der Waals surface area contributed by atoms with Crippen molar-refractivity contribution < 1.29 is 4.74 Å². The third kappa shape index (κ3) is 1.63. The van der Waals surface area contributed by atoms with Crippen LogP contribution in [0.25, 0.3) is 10.9 Å². The van der Waals surface area contributed by atoms with E-state index in [1.54, 1.807) is 36.1 Å². The molecule has 1 aromatic carbocycles. The van der Waals surface area contributed by atoms with Crippen LogP contribution < -0.4 is 10.2 Å². The summed E-state index contributed by atoms with van der Waals surface area (Å²) in [7, 11) is 1.55. The van der Waals surface area contributed by atoms with Gasteiger partial charge in [0.05, 0.1) is 18.7 Å². The zero-order valence-electron chi connectivity index (χ0n) is 8.80. The number of rotatable bonds is 2. The van der Waals surface area contributed by atoms with Crippen molar-refractivity contribution in [2.45, 2.75) is 6.54 Å². The van der Waals surface area contributed by atoms with Gasteiger partial charge in [-0.2, -0.15) is 5.26 Å². The van der Waals surface area contributed by atoms with E-state index in [0.717, 1.165) is 5.52 Å². The van der Waals surface area contributed by atoms with Crippen LogP contribution in [0.15, 0.2) is 35.3 Å². The van der Waals surface area contributed by atoms with Crippen LogP contribution in [-0.4, -0.2) is 11.7 Å². The number of benzene rings is 1. The molecule has 2 rings (SSSR count). The first kappa shape index (κ1) is 10.2. The number of methoxy groups -OCH3 is 1. The molecule has 1 heterocycles. The van der Waals surface area contributed by atoms with Gasteiger partial charge in [0.2, 0.25) is 0 Å². The summed E-state index contributed by atoms with van der Waals surface area (Å²) in [6, 6.07) is 8.76. The molecule has 2 aromatic rings. The molecule has 0 fully saturated rings. The van der Waals surface area contributed by atoms with Crippen molar-refractivity contribution in [3.05, 3.63) is 40.7 Å². The van der Waals surface area contributed by atoms with Crippen molar-refractivity contribution in [3.8, 4) is 11.8 Å². The number of aromatic nitrogens is 1. The van der Waals surface area contributed by atoms with Gasteiger partial charge in [0, 0.05) is 17.6 Å². The smallest absolute Gasteiger partial charge is 0.189 e. The number of nitriles is 1. The molecule has 0 aliphatic heterocycles. The Kier molecular flexibility index (Phi) is 2.61. The Balaban J connectivity index is 2.76. The fraction of sp³-hybridized carbons (Fsp3) is 0.167. The molecular formula is C12H10N2O2. The standard InChI is InChI=1S/C12H10N2O2/c1-16-9-2-3-11-10(8-9)12(15)4-6-14(11)7-5-13/h2-4,6,8H,7H2,1H3. The van der Waals surface area contributed by atoms with Crippen LogP contribution in [0.3, 0.4) is 0 Å². The van der Waals surface area contributed by atoms with Crippen molar-refractivity contribution >= 4 is 10.9 Å². The first-order chi connectivity index (χ1) is 7.76. The fourth-order valence-electron chi connectivity index (χ4n) is 1.63. The first-order valence-electron chi connectivity index (χ1n) is 4.80. The Morgan fingerprint density at radius 1 is 1.44 bits per heavy atom. The molecule has 0 bridgehead atoms. The van der Waals surface area contributed by atoms with Gasteiger partial charge in [-0.15, -0.1) is 0 Å². The van der Waals surface area contributed by atoms with E-state index in [1.165, 1.54) is 6.07 Å². The Morgan fingerprint density at radius 3 is 2.94 bits per heavy atom. The molecule has 4 heteroatoms. The first-order valence-corrected chi connectivity index (χ1v) is 4.80.